The van der Waals surface area contributed by atoms with Gasteiger partial charge in [-0.3, -0.25) is 4.79 Å². The highest BCUT2D eigenvalue weighted by molar-refractivity contribution is 5.96. The van der Waals surface area contributed by atoms with Gasteiger partial charge in [0.05, 0.1) is 18.7 Å². The largest absolute Gasteiger partial charge is 0.454 e. The molecule has 2 rings (SSSR count). The molecule has 13 nitrogen and oxygen atoms in total. The fraction of sp³-hybridized carbons (Fsp3) is 0.391. The number of amides is 1. The number of esters is 1. The number of hydrogen-bond acceptors (Lipinski definition) is 10. The van der Waals surface area contributed by atoms with E-state index in [2.05, 4.69) is 9.68 Å². The summed E-state index contributed by atoms with van der Waals surface area (Å²) in [7, 11) is 0. The molecule has 1 amide bonds. The Labute approximate surface area is 206 Å². The Morgan fingerprint density at radius 3 is 1.86 bits per heavy atom. The molecule has 0 bridgehead atoms. The molecular weight excluding hydrogens is 478 g/mol. The fourth-order valence-electron chi connectivity index (χ4n) is 3.30. The molecule has 13 heteroatoms. The van der Waals surface area contributed by atoms with Crippen LogP contribution in [0.5, 0.6) is 0 Å². The zero-order chi connectivity index (χ0) is 26.9. The second kappa shape index (κ2) is 12.4. The van der Waals surface area contributed by atoms with E-state index in [-0.39, 0.29) is 28.8 Å². The lowest BCUT2D eigenvalue weighted by molar-refractivity contribution is -0.763. The predicted octanol–water partition coefficient (Wildman–Crippen LogP) is 2.56. The first-order chi connectivity index (χ1) is 16.9. The van der Waals surface area contributed by atoms with Crippen LogP contribution >= 0.6 is 0 Å². The molecule has 1 unspecified atom stereocenters. The highest BCUT2D eigenvalue weighted by Gasteiger charge is 2.32. The van der Waals surface area contributed by atoms with Crippen molar-refractivity contribution in [2.45, 2.75) is 45.6 Å². The Bertz CT molecular complexity index is 1100. The SMILES string of the molecule is CC(C)(C)N(CC(CO)OC(=O)c1ccccc1CO[N+](=O)[O-])C(=O)c1ccccc1CO[N+](=O)[O-]. The molecule has 0 aliphatic heterocycles. The van der Waals surface area contributed by atoms with Gasteiger partial charge in [0.2, 0.25) is 0 Å². The molecule has 0 aliphatic carbocycles. The molecular formula is C23H27N3O10. The summed E-state index contributed by atoms with van der Waals surface area (Å²) in [4.78, 5) is 57.6. The number of ether oxygens (including phenoxy) is 1. The van der Waals surface area contributed by atoms with Crippen LogP contribution in [0.1, 0.15) is 52.6 Å². The summed E-state index contributed by atoms with van der Waals surface area (Å²) in [5.74, 6) is -1.38. The average Bonchev–Trinajstić information content (AvgIpc) is 2.82. The highest BCUT2D eigenvalue weighted by Crippen LogP contribution is 2.22. The normalized spacial score (nSPS) is 11.8. The predicted molar refractivity (Wildman–Crippen MR) is 124 cm³/mol. The summed E-state index contributed by atoms with van der Waals surface area (Å²) in [6.45, 7) is 3.48. The monoisotopic (exact) mass is 505 g/mol. The summed E-state index contributed by atoms with van der Waals surface area (Å²) in [6.07, 6.45) is -1.15. The maximum atomic E-state index is 13.5. The van der Waals surface area contributed by atoms with Crippen molar-refractivity contribution in [2.75, 3.05) is 13.2 Å². The lowest BCUT2D eigenvalue weighted by atomic mass is 10.0. The van der Waals surface area contributed by atoms with Crippen molar-refractivity contribution in [1.29, 1.82) is 0 Å². The van der Waals surface area contributed by atoms with Gasteiger partial charge in [-0.05, 0) is 44.0 Å². The van der Waals surface area contributed by atoms with Gasteiger partial charge < -0.3 is 24.4 Å². The number of benzene rings is 2. The van der Waals surface area contributed by atoms with Gasteiger partial charge in [-0.25, -0.2) is 4.79 Å². The molecule has 1 atom stereocenters. The number of aliphatic hydroxyl groups is 1. The Balaban J connectivity index is 2.26. The molecule has 36 heavy (non-hydrogen) atoms. The van der Waals surface area contributed by atoms with E-state index < -0.39 is 53.5 Å². The number of rotatable bonds is 12. The zero-order valence-corrected chi connectivity index (χ0v) is 20.0. The maximum Gasteiger partial charge on any atom is 0.338 e. The van der Waals surface area contributed by atoms with Gasteiger partial charge in [0, 0.05) is 11.1 Å². The van der Waals surface area contributed by atoms with Gasteiger partial charge in [-0.1, -0.05) is 36.4 Å². The van der Waals surface area contributed by atoms with E-state index in [1.54, 1.807) is 39.0 Å². The number of aliphatic hydroxyl groups excluding tert-OH is 1. The lowest BCUT2D eigenvalue weighted by Crippen LogP contribution is -2.50. The van der Waals surface area contributed by atoms with Gasteiger partial charge in [0.15, 0.2) is 0 Å². The molecule has 0 heterocycles. The quantitative estimate of drug-likeness (QED) is 0.257. The van der Waals surface area contributed by atoms with Crippen LogP contribution in [0.25, 0.3) is 0 Å². The van der Waals surface area contributed by atoms with Crippen LogP contribution in [-0.4, -0.2) is 56.9 Å². The Kier molecular flexibility index (Phi) is 9.67. The molecule has 0 aliphatic rings. The number of carbonyl (C=O) groups excluding carboxylic acids is 2. The van der Waals surface area contributed by atoms with Crippen molar-refractivity contribution in [3.8, 4) is 0 Å². The van der Waals surface area contributed by atoms with E-state index in [1.165, 1.54) is 35.2 Å². The van der Waals surface area contributed by atoms with Crippen molar-refractivity contribution in [3.05, 3.63) is 91.0 Å². The van der Waals surface area contributed by atoms with Crippen molar-refractivity contribution >= 4 is 11.9 Å². The third kappa shape index (κ3) is 7.91. The zero-order valence-electron chi connectivity index (χ0n) is 20.0. The summed E-state index contributed by atoms with van der Waals surface area (Å²) in [6, 6.07) is 12.2. The molecule has 0 saturated carbocycles. The molecule has 2 aromatic carbocycles. The van der Waals surface area contributed by atoms with E-state index >= 15 is 0 Å². The number of hydrogen-bond donors (Lipinski definition) is 1. The molecule has 0 spiro atoms. The van der Waals surface area contributed by atoms with Crippen molar-refractivity contribution < 1.29 is 39.3 Å². The summed E-state index contributed by atoms with van der Waals surface area (Å²) in [5, 5.41) is 29.1. The molecule has 2 aromatic rings. The van der Waals surface area contributed by atoms with Crippen LogP contribution in [0.15, 0.2) is 48.5 Å². The van der Waals surface area contributed by atoms with Crippen LogP contribution in [0.4, 0.5) is 0 Å². The lowest BCUT2D eigenvalue weighted by Gasteiger charge is -2.38. The molecule has 0 saturated heterocycles. The van der Waals surface area contributed by atoms with Gasteiger partial charge in [-0.2, -0.15) is 0 Å². The summed E-state index contributed by atoms with van der Waals surface area (Å²) >= 11 is 0. The molecule has 194 valence electrons. The minimum Gasteiger partial charge on any atom is -0.454 e. The molecule has 0 aromatic heterocycles. The van der Waals surface area contributed by atoms with Crippen LogP contribution in [0.2, 0.25) is 0 Å². The minimum absolute atomic E-state index is 0.00806. The standard InChI is InChI=1S/C23H27N3O10/c1-23(2,3)24(21(28)19-10-6-4-8-16(19)14-34-25(30)31)12-18(13-27)36-22(29)20-11-7-5-9-17(20)15-35-26(32)33/h4-11,18,27H,12-15H2,1-3H3. The van der Waals surface area contributed by atoms with Crippen LogP contribution < -0.4 is 0 Å². The molecule has 0 radical (unpaired) electrons. The first kappa shape index (κ1) is 28.0. The van der Waals surface area contributed by atoms with Crippen LogP contribution in [-0.2, 0) is 27.6 Å². The van der Waals surface area contributed by atoms with Crippen molar-refractivity contribution in [3.63, 3.8) is 0 Å². The van der Waals surface area contributed by atoms with E-state index in [0.717, 1.165) is 0 Å². The topological polar surface area (TPSA) is 172 Å². The minimum atomic E-state index is -1.15. The Morgan fingerprint density at radius 1 is 0.917 bits per heavy atom. The third-order valence-electron chi connectivity index (χ3n) is 5.05. The van der Waals surface area contributed by atoms with E-state index in [9.17, 15) is 34.9 Å². The van der Waals surface area contributed by atoms with Crippen LogP contribution in [0.3, 0.4) is 0 Å². The van der Waals surface area contributed by atoms with Gasteiger partial charge in [0.1, 0.15) is 19.3 Å². The molecule has 1 N–H and O–H groups in total. The Hall–Kier alpha value is -4.26. The van der Waals surface area contributed by atoms with E-state index in [1.807, 2.05) is 0 Å². The second-order valence-electron chi connectivity index (χ2n) is 8.60. The first-order valence-corrected chi connectivity index (χ1v) is 10.8. The van der Waals surface area contributed by atoms with E-state index in [0.29, 0.717) is 0 Å². The van der Waals surface area contributed by atoms with Crippen molar-refractivity contribution in [1.82, 2.24) is 4.90 Å². The Morgan fingerprint density at radius 2 is 1.39 bits per heavy atom. The fourth-order valence-corrected chi connectivity index (χ4v) is 3.30. The van der Waals surface area contributed by atoms with Gasteiger partial charge in [0.25, 0.3) is 16.1 Å². The third-order valence-corrected chi connectivity index (χ3v) is 5.05. The van der Waals surface area contributed by atoms with Crippen LogP contribution in [0, 0.1) is 20.2 Å². The van der Waals surface area contributed by atoms with E-state index in [4.69, 9.17) is 4.74 Å². The average molecular weight is 505 g/mol. The number of carbonyl (C=O) groups is 2. The first-order valence-electron chi connectivity index (χ1n) is 10.8. The van der Waals surface area contributed by atoms with Crippen molar-refractivity contribution in [2.24, 2.45) is 0 Å². The smallest absolute Gasteiger partial charge is 0.338 e. The summed E-state index contributed by atoms with van der Waals surface area (Å²) < 4.78 is 5.43. The highest BCUT2D eigenvalue weighted by atomic mass is 17.0. The molecule has 0 fully saturated rings. The van der Waals surface area contributed by atoms with Gasteiger partial charge in [-0.15, -0.1) is 20.2 Å². The maximum absolute atomic E-state index is 13.5. The number of nitrogens with zero attached hydrogens (tertiary/aromatic N) is 3. The van der Waals surface area contributed by atoms with Gasteiger partial charge >= 0.3 is 5.97 Å². The summed E-state index contributed by atoms with van der Waals surface area (Å²) in [5.41, 5.74) is -0.149. The second-order valence-corrected chi connectivity index (χ2v) is 8.60.